The summed E-state index contributed by atoms with van der Waals surface area (Å²) in [6, 6.07) is 0. The maximum Gasteiger partial charge on any atom is 0.245 e. The van der Waals surface area contributed by atoms with E-state index >= 15 is 0 Å². The molecule has 1 N–H and O–H groups in total. The van der Waals surface area contributed by atoms with Crippen molar-refractivity contribution in [1.29, 1.82) is 0 Å². The van der Waals surface area contributed by atoms with Gasteiger partial charge in [0.25, 0.3) is 0 Å². The third-order valence-electron chi connectivity index (χ3n) is 2.71. The van der Waals surface area contributed by atoms with Crippen molar-refractivity contribution >= 4 is 5.91 Å². The van der Waals surface area contributed by atoms with E-state index in [1.54, 1.807) is 11.9 Å². The smallest absolute Gasteiger partial charge is 0.245 e. The minimum Gasteiger partial charge on any atom is -0.393 e. The van der Waals surface area contributed by atoms with E-state index in [9.17, 15) is 9.90 Å². The van der Waals surface area contributed by atoms with Gasteiger partial charge in [-0.1, -0.05) is 26.8 Å². The van der Waals surface area contributed by atoms with Crippen LogP contribution in [-0.4, -0.2) is 35.6 Å². The van der Waals surface area contributed by atoms with Crippen molar-refractivity contribution in [2.75, 3.05) is 13.6 Å². The molecule has 0 aliphatic rings. The van der Waals surface area contributed by atoms with Crippen LogP contribution in [0.5, 0.6) is 0 Å². The normalized spacial score (nSPS) is 14.4. The zero-order chi connectivity index (χ0) is 11.8. The molecule has 0 rings (SSSR count). The number of likely N-dealkylation sites (N-methyl/N-ethyl adjacent to an activating group) is 1. The average Bonchev–Trinajstić information content (AvgIpc) is 2.24. The van der Waals surface area contributed by atoms with Gasteiger partial charge in [0, 0.05) is 19.5 Å². The molecule has 0 aromatic heterocycles. The summed E-state index contributed by atoms with van der Waals surface area (Å²) in [7, 11) is 1.74. The summed E-state index contributed by atoms with van der Waals surface area (Å²) in [6.07, 6.45) is 3.65. The van der Waals surface area contributed by atoms with Crippen LogP contribution in [0.4, 0.5) is 0 Å². The zero-order valence-corrected chi connectivity index (χ0v) is 10.1. The Labute approximate surface area is 92.8 Å². The number of hydrogen-bond donors (Lipinski definition) is 1. The van der Waals surface area contributed by atoms with Crippen molar-refractivity contribution in [2.24, 2.45) is 5.92 Å². The molecule has 0 bridgehead atoms. The lowest BCUT2D eigenvalue weighted by atomic mass is 9.95. The number of carbonyl (C=O) groups is 1. The Hall–Kier alpha value is -0.830. The molecule has 0 saturated heterocycles. The molecule has 0 radical (unpaired) electrons. The monoisotopic (exact) mass is 213 g/mol. The standard InChI is InChI=1S/C12H23NO2/c1-5-8-11(14)10(6-2)9-13(4)12(15)7-3/h7,10-11,14H,3,5-6,8-9H2,1-2,4H3. The van der Waals surface area contributed by atoms with Crippen LogP contribution in [0.2, 0.25) is 0 Å². The number of aliphatic hydroxyl groups is 1. The van der Waals surface area contributed by atoms with E-state index in [1.807, 2.05) is 6.92 Å². The Kier molecular flexibility index (Phi) is 7.05. The Balaban J connectivity index is 4.19. The first kappa shape index (κ1) is 14.2. The molecule has 0 spiro atoms. The molecule has 0 saturated carbocycles. The summed E-state index contributed by atoms with van der Waals surface area (Å²) >= 11 is 0. The molecule has 0 heterocycles. The molecule has 1 amide bonds. The molecule has 0 aliphatic carbocycles. The van der Waals surface area contributed by atoms with Crippen LogP contribution in [0.3, 0.4) is 0 Å². The van der Waals surface area contributed by atoms with Gasteiger partial charge in [-0.3, -0.25) is 4.79 Å². The second-order valence-corrected chi connectivity index (χ2v) is 3.95. The van der Waals surface area contributed by atoms with Gasteiger partial charge in [-0.25, -0.2) is 0 Å². The molecule has 0 aromatic rings. The molecule has 0 aliphatic heterocycles. The highest BCUT2D eigenvalue weighted by atomic mass is 16.3. The van der Waals surface area contributed by atoms with Gasteiger partial charge in [-0.15, -0.1) is 0 Å². The second-order valence-electron chi connectivity index (χ2n) is 3.95. The molecule has 3 heteroatoms. The van der Waals surface area contributed by atoms with Crippen LogP contribution < -0.4 is 0 Å². The van der Waals surface area contributed by atoms with E-state index in [0.29, 0.717) is 6.54 Å². The van der Waals surface area contributed by atoms with Gasteiger partial charge in [0.1, 0.15) is 0 Å². The Morgan fingerprint density at radius 1 is 1.53 bits per heavy atom. The lowest BCUT2D eigenvalue weighted by Crippen LogP contribution is -2.35. The summed E-state index contributed by atoms with van der Waals surface area (Å²) in [6.45, 7) is 8.13. The van der Waals surface area contributed by atoms with Crippen LogP contribution >= 0.6 is 0 Å². The van der Waals surface area contributed by atoms with Crippen LogP contribution in [-0.2, 0) is 4.79 Å². The van der Waals surface area contributed by atoms with Gasteiger partial charge in [-0.05, 0) is 18.9 Å². The van der Waals surface area contributed by atoms with Gasteiger partial charge in [0.2, 0.25) is 5.91 Å². The molecule has 88 valence electrons. The topological polar surface area (TPSA) is 40.5 Å². The van der Waals surface area contributed by atoms with Crippen LogP contribution in [0, 0.1) is 5.92 Å². The third-order valence-corrected chi connectivity index (χ3v) is 2.71. The highest BCUT2D eigenvalue weighted by Crippen LogP contribution is 2.14. The van der Waals surface area contributed by atoms with Crippen molar-refractivity contribution in [1.82, 2.24) is 4.90 Å². The molecular formula is C12H23NO2. The first-order chi connectivity index (χ1) is 7.06. The third kappa shape index (κ3) is 4.98. The molecular weight excluding hydrogens is 190 g/mol. The first-order valence-electron chi connectivity index (χ1n) is 5.62. The van der Waals surface area contributed by atoms with E-state index in [1.165, 1.54) is 6.08 Å². The van der Waals surface area contributed by atoms with Gasteiger partial charge < -0.3 is 10.0 Å². The average molecular weight is 213 g/mol. The maximum absolute atomic E-state index is 11.3. The van der Waals surface area contributed by atoms with Gasteiger partial charge in [0.15, 0.2) is 0 Å². The molecule has 3 nitrogen and oxygen atoms in total. The van der Waals surface area contributed by atoms with Gasteiger partial charge in [-0.2, -0.15) is 0 Å². The lowest BCUT2D eigenvalue weighted by molar-refractivity contribution is -0.125. The van der Waals surface area contributed by atoms with E-state index < -0.39 is 0 Å². The van der Waals surface area contributed by atoms with Crippen molar-refractivity contribution in [3.63, 3.8) is 0 Å². The first-order valence-corrected chi connectivity index (χ1v) is 5.62. The SMILES string of the molecule is C=CC(=O)N(C)CC(CC)C(O)CCC. The fraction of sp³-hybridized carbons (Fsp3) is 0.750. The van der Waals surface area contributed by atoms with Crippen LogP contribution in [0.1, 0.15) is 33.1 Å². The van der Waals surface area contributed by atoms with E-state index in [-0.39, 0.29) is 17.9 Å². The lowest BCUT2D eigenvalue weighted by Gasteiger charge is -2.26. The summed E-state index contributed by atoms with van der Waals surface area (Å²) in [4.78, 5) is 12.9. The summed E-state index contributed by atoms with van der Waals surface area (Å²) in [5.41, 5.74) is 0. The Morgan fingerprint density at radius 3 is 2.53 bits per heavy atom. The summed E-state index contributed by atoms with van der Waals surface area (Å²) in [5.74, 6) is 0.0796. The van der Waals surface area contributed by atoms with E-state index in [0.717, 1.165) is 19.3 Å². The Morgan fingerprint density at radius 2 is 2.13 bits per heavy atom. The number of amides is 1. The molecule has 0 aromatic carbocycles. The minimum absolute atomic E-state index is 0.0860. The fourth-order valence-electron chi connectivity index (χ4n) is 1.65. The van der Waals surface area contributed by atoms with E-state index in [2.05, 4.69) is 13.5 Å². The van der Waals surface area contributed by atoms with Gasteiger partial charge in [0.05, 0.1) is 6.10 Å². The highest BCUT2D eigenvalue weighted by molar-refractivity contribution is 5.86. The fourth-order valence-corrected chi connectivity index (χ4v) is 1.65. The number of aliphatic hydroxyl groups excluding tert-OH is 1. The highest BCUT2D eigenvalue weighted by Gasteiger charge is 2.19. The predicted molar refractivity (Wildman–Crippen MR) is 62.5 cm³/mol. The van der Waals surface area contributed by atoms with Crippen molar-refractivity contribution < 1.29 is 9.90 Å². The molecule has 2 unspecified atom stereocenters. The zero-order valence-electron chi connectivity index (χ0n) is 10.1. The predicted octanol–water partition coefficient (Wildman–Crippen LogP) is 1.82. The Bertz CT molecular complexity index is 204. The van der Waals surface area contributed by atoms with E-state index in [4.69, 9.17) is 0 Å². The molecule has 0 fully saturated rings. The van der Waals surface area contributed by atoms with Crippen molar-refractivity contribution in [2.45, 2.75) is 39.2 Å². The summed E-state index contributed by atoms with van der Waals surface area (Å²) in [5, 5.41) is 9.85. The molecule has 2 atom stereocenters. The number of carbonyl (C=O) groups excluding carboxylic acids is 1. The number of nitrogens with zero attached hydrogens (tertiary/aromatic N) is 1. The second kappa shape index (κ2) is 7.46. The summed E-state index contributed by atoms with van der Waals surface area (Å²) < 4.78 is 0. The number of hydrogen-bond acceptors (Lipinski definition) is 2. The molecule has 15 heavy (non-hydrogen) atoms. The number of rotatable bonds is 7. The van der Waals surface area contributed by atoms with Crippen molar-refractivity contribution in [3.8, 4) is 0 Å². The maximum atomic E-state index is 11.3. The van der Waals surface area contributed by atoms with Gasteiger partial charge >= 0.3 is 0 Å². The minimum atomic E-state index is -0.305. The largest absolute Gasteiger partial charge is 0.393 e. The quantitative estimate of drug-likeness (QED) is 0.655. The van der Waals surface area contributed by atoms with Crippen LogP contribution in [0.25, 0.3) is 0 Å². The van der Waals surface area contributed by atoms with Crippen LogP contribution in [0.15, 0.2) is 12.7 Å². The van der Waals surface area contributed by atoms with Crippen molar-refractivity contribution in [3.05, 3.63) is 12.7 Å².